The molecule has 0 aromatic heterocycles. The first-order chi connectivity index (χ1) is 28.1. The predicted octanol–water partition coefficient (Wildman–Crippen LogP) is 11.1. The zero-order valence-corrected chi connectivity index (χ0v) is 39.1. The Balaban J connectivity index is 1.25. The SMILES string of the molecule is C=C1/C(=C/C=C2\CCC[C@@]3(C)[C@H]2CC[C@@H]3[C@]2(C)CO2)C[C@@H](O[Si](c2ccccc2)(c2ccccc2)C(C)(C)C)C[C@@H]1O[Si](c1ccccc1)(c1ccccc1)C(C)(C)C. The summed E-state index contributed by atoms with van der Waals surface area (Å²) in [5, 5.41) is 4.90. The minimum atomic E-state index is -2.92. The van der Waals surface area contributed by atoms with E-state index >= 15 is 0 Å². The minimum absolute atomic E-state index is 0.0685. The van der Waals surface area contributed by atoms with Crippen LogP contribution in [0.1, 0.15) is 100 Å². The van der Waals surface area contributed by atoms with Gasteiger partial charge < -0.3 is 13.6 Å². The highest BCUT2D eigenvalue weighted by atomic mass is 28.4. The van der Waals surface area contributed by atoms with Gasteiger partial charge in [0.25, 0.3) is 16.6 Å². The van der Waals surface area contributed by atoms with Crippen molar-refractivity contribution in [3.63, 3.8) is 0 Å². The second-order valence-corrected chi connectivity index (χ2v) is 29.2. The number of rotatable bonds is 10. The molecule has 0 radical (unpaired) electrons. The van der Waals surface area contributed by atoms with Gasteiger partial charge in [0.05, 0.1) is 24.4 Å². The number of epoxide rings is 1. The van der Waals surface area contributed by atoms with Gasteiger partial charge in [0.15, 0.2) is 0 Å². The fourth-order valence-electron chi connectivity index (χ4n) is 12.0. The van der Waals surface area contributed by atoms with Gasteiger partial charge in [0.2, 0.25) is 0 Å². The summed E-state index contributed by atoms with van der Waals surface area (Å²) in [6.45, 7) is 25.1. The molecule has 6 atom stereocenters. The first kappa shape index (κ1) is 42.1. The molecular formula is C54H68O3Si2. The van der Waals surface area contributed by atoms with Gasteiger partial charge >= 0.3 is 0 Å². The highest BCUT2D eigenvalue weighted by Gasteiger charge is 2.61. The number of hydrogen-bond acceptors (Lipinski definition) is 3. The van der Waals surface area contributed by atoms with Gasteiger partial charge in [-0.25, -0.2) is 0 Å². The Bertz CT molecular complexity index is 2060. The molecule has 0 N–H and O–H groups in total. The fourth-order valence-corrected chi connectivity index (χ4v) is 21.4. The second kappa shape index (κ2) is 16.0. The summed E-state index contributed by atoms with van der Waals surface area (Å²) in [5.41, 5.74) is 4.36. The number of fused-ring (bicyclic) bond motifs is 1. The van der Waals surface area contributed by atoms with E-state index in [1.54, 1.807) is 5.57 Å². The Kier molecular flexibility index (Phi) is 11.4. The Morgan fingerprint density at radius 1 is 0.661 bits per heavy atom. The lowest BCUT2D eigenvalue weighted by molar-refractivity contribution is 0.0750. The Morgan fingerprint density at radius 3 is 1.56 bits per heavy atom. The predicted molar refractivity (Wildman–Crippen MR) is 252 cm³/mol. The summed E-state index contributed by atoms with van der Waals surface area (Å²) in [4.78, 5) is 0. The molecule has 1 aliphatic heterocycles. The van der Waals surface area contributed by atoms with Crippen molar-refractivity contribution in [2.75, 3.05) is 6.61 Å². The van der Waals surface area contributed by atoms with Gasteiger partial charge in [-0.3, -0.25) is 0 Å². The van der Waals surface area contributed by atoms with Crippen molar-refractivity contribution in [2.24, 2.45) is 17.3 Å². The summed E-state index contributed by atoms with van der Waals surface area (Å²) in [7, 11) is -5.79. The third kappa shape index (κ3) is 7.58. The summed E-state index contributed by atoms with van der Waals surface area (Å²) >= 11 is 0. The largest absolute Gasteiger partial charge is 0.404 e. The molecule has 0 unspecified atom stereocenters. The van der Waals surface area contributed by atoms with Gasteiger partial charge in [-0.05, 0) is 105 Å². The zero-order chi connectivity index (χ0) is 41.7. The minimum Gasteiger partial charge on any atom is -0.404 e. The van der Waals surface area contributed by atoms with Crippen molar-refractivity contribution in [3.05, 3.63) is 157 Å². The molecule has 0 spiro atoms. The molecule has 59 heavy (non-hydrogen) atoms. The maximum absolute atomic E-state index is 8.03. The molecule has 1 saturated heterocycles. The lowest BCUT2D eigenvalue weighted by Crippen LogP contribution is -2.69. The summed E-state index contributed by atoms with van der Waals surface area (Å²) in [5.74, 6) is 1.23. The Morgan fingerprint density at radius 2 is 1.12 bits per heavy atom. The maximum atomic E-state index is 8.03. The van der Waals surface area contributed by atoms with Gasteiger partial charge in [0.1, 0.15) is 0 Å². The van der Waals surface area contributed by atoms with Gasteiger partial charge in [0, 0.05) is 6.42 Å². The molecule has 1 heterocycles. The van der Waals surface area contributed by atoms with Crippen molar-refractivity contribution >= 4 is 37.4 Å². The van der Waals surface area contributed by atoms with E-state index in [0.717, 1.165) is 25.0 Å². The summed E-state index contributed by atoms with van der Waals surface area (Å²) in [6.07, 6.45) is 12.5. The molecule has 3 saturated carbocycles. The van der Waals surface area contributed by atoms with Crippen LogP contribution < -0.4 is 20.7 Å². The molecule has 0 amide bonds. The maximum Gasteiger partial charge on any atom is 0.261 e. The van der Waals surface area contributed by atoms with Gasteiger partial charge in [-0.2, -0.15) is 0 Å². The topological polar surface area (TPSA) is 31.0 Å². The molecule has 5 heteroatoms. The van der Waals surface area contributed by atoms with Crippen LogP contribution in [0.15, 0.2) is 157 Å². The number of benzene rings is 4. The first-order valence-corrected chi connectivity index (χ1v) is 26.2. The standard InChI is InChI=1S/C54H68O3Si2/c1-40-42(33-32-41-23-22-36-53(8)48(41)34-35-50(53)54(9)39-55-54)37-43(56-58(51(2,3)4,44-24-14-10-15-25-44)45-26-16-11-17-27-45)38-49(40)57-59(52(5,6)7,46-28-18-12-19-29-46)47-30-20-13-21-31-47/h10-21,24-33,43,48-50H,1,22-23,34-39H2,2-9H3/b41-32+,42-33+/t43-,48+,49+,50+,53+,54+/m1/s1. The third-order valence-corrected chi connectivity index (χ3v) is 25.2. The van der Waals surface area contributed by atoms with Crippen LogP contribution in [-0.4, -0.2) is 41.1 Å². The van der Waals surface area contributed by atoms with E-state index in [4.69, 9.17) is 20.2 Å². The van der Waals surface area contributed by atoms with Crippen LogP contribution in [0.4, 0.5) is 0 Å². The number of ether oxygens (including phenoxy) is 1. The van der Waals surface area contributed by atoms with Crippen molar-refractivity contribution in [3.8, 4) is 0 Å². The van der Waals surface area contributed by atoms with E-state index in [2.05, 4.69) is 189 Å². The summed E-state index contributed by atoms with van der Waals surface area (Å²) in [6, 6.07) is 44.4. The average Bonchev–Trinajstić information content (AvgIpc) is 3.86. The van der Waals surface area contributed by atoms with Crippen molar-refractivity contribution < 1.29 is 13.6 Å². The van der Waals surface area contributed by atoms with Crippen molar-refractivity contribution in [1.82, 2.24) is 0 Å². The van der Waals surface area contributed by atoms with Crippen LogP contribution in [0.25, 0.3) is 0 Å². The lowest BCUT2D eigenvalue weighted by atomic mass is 9.61. The van der Waals surface area contributed by atoms with E-state index in [1.807, 2.05) is 0 Å². The highest BCUT2D eigenvalue weighted by Crippen LogP contribution is 2.63. The van der Waals surface area contributed by atoms with Gasteiger partial charge in [-0.15, -0.1) is 0 Å². The van der Waals surface area contributed by atoms with E-state index in [-0.39, 0.29) is 27.9 Å². The van der Waals surface area contributed by atoms with E-state index in [0.29, 0.717) is 17.3 Å². The van der Waals surface area contributed by atoms with Crippen LogP contribution in [0.3, 0.4) is 0 Å². The number of allylic oxidation sites excluding steroid dienone is 3. The van der Waals surface area contributed by atoms with E-state index < -0.39 is 16.6 Å². The number of hydrogen-bond donors (Lipinski definition) is 0. The molecule has 4 aromatic carbocycles. The Hall–Kier alpha value is -3.59. The Labute approximate surface area is 358 Å². The van der Waals surface area contributed by atoms with Crippen LogP contribution in [-0.2, 0) is 13.6 Å². The second-order valence-electron chi connectivity index (χ2n) is 20.7. The quantitative estimate of drug-likeness (QED) is 0.118. The molecule has 4 fully saturated rings. The van der Waals surface area contributed by atoms with Crippen LogP contribution in [0.5, 0.6) is 0 Å². The highest BCUT2D eigenvalue weighted by molar-refractivity contribution is 7.00. The molecule has 0 bridgehead atoms. The van der Waals surface area contributed by atoms with Crippen LogP contribution >= 0.6 is 0 Å². The average molecular weight is 821 g/mol. The molecule has 4 aliphatic rings. The molecular weight excluding hydrogens is 753 g/mol. The monoisotopic (exact) mass is 820 g/mol. The lowest BCUT2D eigenvalue weighted by Gasteiger charge is -2.49. The van der Waals surface area contributed by atoms with E-state index in [1.165, 1.54) is 58.4 Å². The molecule has 4 aromatic rings. The summed E-state index contributed by atoms with van der Waals surface area (Å²) < 4.78 is 22.2. The van der Waals surface area contributed by atoms with Crippen molar-refractivity contribution in [2.45, 2.75) is 128 Å². The zero-order valence-electron chi connectivity index (χ0n) is 37.1. The molecule has 310 valence electrons. The van der Waals surface area contributed by atoms with Crippen molar-refractivity contribution in [1.29, 1.82) is 0 Å². The van der Waals surface area contributed by atoms with E-state index in [9.17, 15) is 0 Å². The van der Waals surface area contributed by atoms with Gasteiger partial charge in [-0.1, -0.05) is 194 Å². The third-order valence-electron chi connectivity index (χ3n) is 15.0. The van der Waals surface area contributed by atoms with Crippen LogP contribution in [0, 0.1) is 17.3 Å². The first-order valence-electron chi connectivity index (χ1n) is 22.4. The molecule has 3 aliphatic carbocycles. The fraction of sp³-hybridized carbons (Fsp3) is 0.444. The molecule has 8 rings (SSSR count). The smallest absolute Gasteiger partial charge is 0.261 e. The normalized spacial score (nSPS) is 29.1. The van der Waals surface area contributed by atoms with Crippen LogP contribution in [0.2, 0.25) is 10.1 Å². The molecule has 3 nitrogen and oxygen atoms in total.